The molecular formula is C13H19NO2. The quantitative estimate of drug-likeness (QED) is 0.819. The number of hydrogen-bond acceptors (Lipinski definition) is 3. The highest BCUT2D eigenvalue weighted by Crippen LogP contribution is 2.27. The maximum absolute atomic E-state index is 9.79. The first-order chi connectivity index (χ1) is 7.79. The fourth-order valence-corrected chi connectivity index (χ4v) is 2.25. The van der Waals surface area contributed by atoms with Gasteiger partial charge in [0, 0.05) is 0 Å². The van der Waals surface area contributed by atoms with Gasteiger partial charge in [-0.1, -0.05) is 0 Å². The summed E-state index contributed by atoms with van der Waals surface area (Å²) < 4.78 is 5.18. The van der Waals surface area contributed by atoms with E-state index in [-0.39, 0.29) is 0 Å². The molecule has 1 aliphatic rings. The Morgan fingerprint density at radius 3 is 2.81 bits per heavy atom. The molecule has 0 spiro atoms. The smallest absolute Gasteiger partial charge is 0.119 e. The minimum Gasteiger partial charge on any atom is -0.508 e. The van der Waals surface area contributed by atoms with E-state index in [1.165, 1.54) is 12.8 Å². The zero-order chi connectivity index (χ0) is 11.4. The van der Waals surface area contributed by atoms with Gasteiger partial charge in [-0.25, -0.2) is 0 Å². The van der Waals surface area contributed by atoms with Gasteiger partial charge in [-0.05, 0) is 62.0 Å². The van der Waals surface area contributed by atoms with Crippen LogP contribution in [0.15, 0.2) is 18.2 Å². The van der Waals surface area contributed by atoms with Gasteiger partial charge < -0.3 is 15.2 Å². The molecule has 1 aliphatic heterocycles. The van der Waals surface area contributed by atoms with Gasteiger partial charge >= 0.3 is 0 Å². The van der Waals surface area contributed by atoms with E-state index in [0.29, 0.717) is 11.7 Å². The monoisotopic (exact) mass is 221 g/mol. The van der Waals surface area contributed by atoms with Crippen molar-refractivity contribution in [2.24, 2.45) is 5.92 Å². The van der Waals surface area contributed by atoms with E-state index in [1.54, 1.807) is 19.2 Å². The number of nitrogens with one attached hydrogen (secondary N) is 1. The van der Waals surface area contributed by atoms with Crippen LogP contribution < -0.4 is 10.1 Å². The zero-order valence-corrected chi connectivity index (χ0v) is 9.70. The summed E-state index contributed by atoms with van der Waals surface area (Å²) in [6.45, 7) is 2.19. The molecule has 0 saturated carbocycles. The Labute approximate surface area is 96.4 Å². The van der Waals surface area contributed by atoms with E-state index in [2.05, 4.69) is 5.32 Å². The first-order valence-corrected chi connectivity index (χ1v) is 5.86. The molecular weight excluding hydrogens is 202 g/mol. The van der Waals surface area contributed by atoms with E-state index in [0.717, 1.165) is 30.8 Å². The summed E-state index contributed by atoms with van der Waals surface area (Å²) in [5, 5.41) is 13.1. The predicted octanol–water partition coefficient (Wildman–Crippen LogP) is 1.94. The van der Waals surface area contributed by atoms with Crippen molar-refractivity contribution in [3.05, 3.63) is 23.8 Å². The molecule has 1 fully saturated rings. The number of hydrogen-bond donors (Lipinski definition) is 2. The van der Waals surface area contributed by atoms with Gasteiger partial charge in [0.1, 0.15) is 11.5 Å². The van der Waals surface area contributed by atoms with Gasteiger partial charge in [0.05, 0.1) is 7.11 Å². The second kappa shape index (κ2) is 5.21. The number of phenolic OH excluding ortho intramolecular Hbond substituents is 1. The molecule has 1 heterocycles. The van der Waals surface area contributed by atoms with Crippen molar-refractivity contribution < 1.29 is 9.84 Å². The maximum Gasteiger partial charge on any atom is 0.119 e. The SMILES string of the molecule is COc1ccc(O)c(CC2CCNCC2)c1. The number of aromatic hydroxyl groups is 1. The van der Waals surface area contributed by atoms with Gasteiger partial charge in [-0.2, -0.15) is 0 Å². The highest BCUT2D eigenvalue weighted by atomic mass is 16.5. The first kappa shape index (κ1) is 11.3. The van der Waals surface area contributed by atoms with Crippen LogP contribution in [-0.4, -0.2) is 25.3 Å². The molecule has 3 heteroatoms. The molecule has 0 amide bonds. The lowest BCUT2D eigenvalue weighted by Gasteiger charge is -2.23. The van der Waals surface area contributed by atoms with E-state index in [9.17, 15) is 5.11 Å². The van der Waals surface area contributed by atoms with Crippen LogP contribution >= 0.6 is 0 Å². The number of phenols is 1. The standard InChI is InChI=1S/C13H19NO2/c1-16-12-2-3-13(15)11(9-12)8-10-4-6-14-7-5-10/h2-3,9-10,14-15H,4-8H2,1H3. The van der Waals surface area contributed by atoms with Gasteiger partial charge in [0.15, 0.2) is 0 Å². The van der Waals surface area contributed by atoms with Crippen molar-refractivity contribution in [2.75, 3.05) is 20.2 Å². The van der Waals surface area contributed by atoms with Gasteiger partial charge in [0.25, 0.3) is 0 Å². The van der Waals surface area contributed by atoms with E-state index in [4.69, 9.17) is 4.74 Å². The number of ether oxygens (including phenoxy) is 1. The van der Waals surface area contributed by atoms with Crippen LogP contribution in [0.4, 0.5) is 0 Å². The van der Waals surface area contributed by atoms with Crippen LogP contribution in [0.3, 0.4) is 0 Å². The summed E-state index contributed by atoms with van der Waals surface area (Å²) >= 11 is 0. The lowest BCUT2D eigenvalue weighted by atomic mass is 9.90. The molecule has 0 radical (unpaired) electrons. The fourth-order valence-electron chi connectivity index (χ4n) is 2.25. The molecule has 2 N–H and O–H groups in total. The number of benzene rings is 1. The Morgan fingerprint density at radius 2 is 2.12 bits per heavy atom. The molecule has 0 bridgehead atoms. The Hall–Kier alpha value is -1.22. The fraction of sp³-hybridized carbons (Fsp3) is 0.538. The molecule has 0 unspecified atom stereocenters. The van der Waals surface area contributed by atoms with E-state index in [1.807, 2.05) is 6.07 Å². The van der Waals surface area contributed by atoms with Crippen molar-refractivity contribution in [2.45, 2.75) is 19.3 Å². The molecule has 0 aliphatic carbocycles. The third-order valence-electron chi connectivity index (χ3n) is 3.25. The van der Waals surface area contributed by atoms with Crippen LogP contribution in [0.25, 0.3) is 0 Å². The number of piperidine rings is 1. The molecule has 3 nitrogen and oxygen atoms in total. The van der Waals surface area contributed by atoms with Gasteiger partial charge in [-0.3, -0.25) is 0 Å². The minimum absolute atomic E-state index is 0.388. The molecule has 2 rings (SSSR count). The summed E-state index contributed by atoms with van der Waals surface area (Å²) in [6, 6.07) is 5.45. The van der Waals surface area contributed by atoms with Gasteiger partial charge in [0.2, 0.25) is 0 Å². The highest BCUT2D eigenvalue weighted by Gasteiger charge is 2.15. The molecule has 88 valence electrons. The summed E-state index contributed by atoms with van der Waals surface area (Å²) in [4.78, 5) is 0. The Kier molecular flexibility index (Phi) is 3.67. The predicted molar refractivity (Wildman–Crippen MR) is 64.0 cm³/mol. The number of rotatable bonds is 3. The summed E-state index contributed by atoms with van der Waals surface area (Å²) in [7, 11) is 1.65. The largest absolute Gasteiger partial charge is 0.508 e. The van der Waals surface area contributed by atoms with Crippen molar-refractivity contribution >= 4 is 0 Å². The maximum atomic E-state index is 9.79. The van der Waals surface area contributed by atoms with Gasteiger partial charge in [-0.15, -0.1) is 0 Å². The van der Waals surface area contributed by atoms with Crippen LogP contribution in [0.1, 0.15) is 18.4 Å². The normalized spacial score (nSPS) is 17.3. The molecule has 1 saturated heterocycles. The summed E-state index contributed by atoms with van der Waals surface area (Å²) in [6.07, 6.45) is 3.33. The third kappa shape index (κ3) is 2.67. The Bertz CT molecular complexity index is 346. The molecule has 1 aromatic rings. The van der Waals surface area contributed by atoms with Crippen LogP contribution in [0, 0.1) is 5.92 Å². The first-order valence-electron chi connectivity index (χ1n) is 5.86. The van der Waals surface area contributed by atoms with Crippen molar-refractivity contribution in [3.63, 3.8) is 0 Å². The molecule has 0 aromatic heterocycles. The Morgan fingerprint density at radius 1 is 1.38 bits per heavy atom. The Balaban J connectivity index is 2.06. The third-order valence-corrected chi connectivity index (χ3v) is 3.25. The minimum atomic E-state index is 0.388. The van der Waals surface area contributed by atoms with Crippen LogP contribution in [-0.2, 0) is 6.42 Å². The molecule has 1 aromatic carbocycles. The average molecular weight is 221 g/mol. The highest BCUT2D eigenvalue weighted by molar-refractivity contribution is 5.39. The van der Waals surface area contributed by atoms with Crippen LogP contribution in [0.2, 0.25) is 0 Å². The average Bonchev–Trinajstić information content (AvgIpc) is 2.33. The lowest BCUT2D eigenvalue weighted by Crippen LogP contribution is -2.28. The number of methoxy groups -OCH3 is 1. The lowest BCUT2D eigenvalue weighted by molar-refractivity contribution is 0.364. The van der Waals surface area contributed by atoms with Crippen molar-refractivity contribution in [1.29, 1.82) is 0 Å². The summed E-state index contributed by atoms with van der Waals surface area (Å²) in [5.41, 5.74) is 1.01. The van der Waals surface area contributed by atoms with Crippen molar-refractivity contribution in [1.82, 2.24) is 5.32 Å². The molecule has 16 heavy (non-hydrogen) atoms. The topological polar surface area (TPSA) is 41.5 Å². The second-order valence-electron chi connectivity index (χ2n) is 4.39. The molecule has 0 atom stereocenters. The zero-order valence-electron chi connectivity index (χ0n) is 9.70. The second-order valence-corrected chi connectivity index (χ2v) is 4.39. The van der Waals surface area contributed by atoms with E-state index >= 15 is 0 Å². The van der Waals surface area contributed by atoms with Crippen LogP contribution in [0.5, 0.6) is 11.5 Å². The summed E-state index contributed by atoms with van der Waals surface area (Å²) in [5.74, 6) is 1.89. The van der Waals surface area contributed by atoms with Crippen molar-refractivity contribution in [3.8, 4) is 11.5 Å². The van der Waals surface area contributed by atoms with E-state index < -0.39 is 0 Å².